The molecule has 0 saturated heterocycles. The summed E-state index contributed by atoms with van der Waals surface area (Å²) in [4.78, 5) is 12.1. The van der Waals surface area contributed by atoms with Crippen molar-refractivity contribution >= 4 is 28.3 Å². The maximum atomic E-state index is 13.1. The third kappa shape index (κ3) is 5.76. The normalized spacial score (nSPS) is 11.6. The number of ether oxygens (including phenoxy) is 1. The first-order valence-corrected chi connectivity index (χ1v) is 11.0. The van der Waals surface area contributed by atoms with Crippen LogP contribution in [0.2, 0.25) is 0 Å². The Labute approximate surface area is 184 Å². The molecule has 9 heteroatoms. The summed E-state index contributed by atoms with van der Waals surface area (Å²) in [6.45, 7) is 4.58. The molecule has 0 fully saturated rings. The molecule has 0 atom stereocenters. The van der Waals surface area contributed by atoms with Crippen molar-refractivity contribution in [3.8, 4) is 5.75 Å². The molecule has 3 rings (SSSR count). The number of alkyl halides is 2. The van der Waals surface area contributed by atoms with Gasteiger partial charge in [-0.2, -0.15) is 18.2 Å². The molecule has 6 nitrogen and oxygen atoms in total. The fourth-order valence-electron chi connectivity index (χ4n) is 2.84. The average molecular weight is 459 g/mol. The van der Waals surface area contributed by atoms with Crippen LogP contribution in [0.15, 0.2) is 88.7 Å². The van der Waals surface area contributed by atoms with Gasteiger partial charge in [0.1, 0.15) is 18.0 Å². The summed E-state index contributed by atoms with van der Waals surface area (Å²) in [6.07, 6.45) is -3.44. The number of halogens is 2. The van der Waals surface area contributed by atoms with Crippen LogP contribution >= 0.6 is 0 Å². The number of rotatable bonds is 7. The SMILES string of the molecule is C=[N+](C(=O)NCc1ccccc1)c1ccc(S(=O)(=O)c2cccc(OC(C)(F)F)c2)cc1. The standard InChI is InChI=1S/C23H20F2N2O4S/c1-23(24,25)31-19-9-6-10-21(15-19)32(29,30)20-13-11-18(12-14-20)27(2)22(28)26-16-17-7-4-3-5-8-17/h3-15H,2,16H2,1H3/p+1. The number of nitrogens with zero attached hydrogens (tertiary/aromatic N) is 1. The smallest absolute Gasteiger partial charge is 0.433 e. The molecular weight excluding hydrogens is 438 g/mol. The molecule has 0 bridgehead atoms. The van der Waals surface area contributed by atoms with Crippen molar-refractivity contribution in [2.45, 2.75) is 29.4 Å². The molecule has 0 saturated carbocycles. The van der Waals surface area contributed by atoms with Crippen molar-refractivity contribution in [2.75, 3.05) is 0 Å². The quantitative estimate of drug-likeness (QED) is 0.408. The minimum absolute atomic E-state index is 0.0697. The maximum absolute atomic E-state index is 13.1. The fraction of sp³-hybridized carbons (Fsp3) is 0.130. The van der Waals surface area contributed by atoms with Crippen molar-refractivity contribution in [1.82, 2.24) is 5.32 Å². The van der Waals surface area contributed by atoms with E-state index in [2.05, 4.69) is 16.8 Å². The third-order valence-electron chi connectivity index (χ3n) is 4.40. The number of benzene rings is 3. The lowest BCUT2D eigenvalue weighted by molar-refractivity contribution is -0.323. The van der Waals surface area contributed by atoms with Gasteiger partial charge >= 0.3 is 12.1 Å². The van der Waals surface area contributed by atoms with Gasteiger partial charge in [0.15, 0.2) is 0 Å². The molecule has 166 valence electrons. The topological polar surface area (TPSA) is 75.5 Å². The molecule has 0 radical (unpaired) electrons. The van der Waals surface area contributed by atoms with Gasteiger partial charge in [-0.25, -0.2) is 13.7 Å². The number of urea groups is 1. The predicted octanol–water partition coefficient (Wildman–Crippen LogP) is 4.77. The Kier molecular flexibility index (Phi) is 6.69. The number of carbonyl (C=O) groups is 1. The van der Waals surface area contributed by atoms with Crippen molar-refractivity contribution in [3.63, 3.8) is 0 Å². The van der Waals surface area contributed by atoms with Gasteiger partial charge in [0.25, 0.3) is 0 Å². The lowest BCUT2D eigenvalue weighted by Crippen LogP contribution is -2.29. The van der Waals surface area contributed by atoms with Crippen LogP contribution in [0.4, 0.5) is 19.3 Å². The van der Waals surface area contributed by atoms with E-state index in [1.807, 2.05) is 30.3 Å². The number of hydrogen-bond donors (Lipinski definition) is 1. The van der Waals surface area contributed by atoms with Gasteiger partial charge in [-0.3, -0.25) is 0 Å². The van der Waals surface area contributed by atoms with E-state index >= 15 is 0 Å². The first kappa shape index (κ1) is 23.1. The van der Waals surface area contributed by atoms with Crippen LogP contribution in [-0.2, 0) is 16.4 Å². The Bertz CT molecular complexity index is 1220. The lowest BCUT2D eigenvalue weighted by Gasteiger charge is -2.14. The third-order valence-corrected chi connectivity index (χ3v) is 6.17. The molecule has 0 heterocycles. The van der Waals surface area contributed by atoms with Gasteiger partial charge in [-0.15, -0.1) is 0 Å². The highest BCUT2D eigenvalue weighted by Gasteiger charge is 2.25. The summed E-state index contributed by atoms with van der Waals surface area (Å²) in [5.41, 5.74) is 1.29. The first-order valence-electron chi connectivity index (χ1n) is 9.51. The molecule has 3 aromatic carbocycles. The summed E-state index contributed by atoms with van der Waals surface area (Å²) in [7, 11) is -3.99. The summed E-state index contributed by atoms with van der Waals surface area (Å²) in [6, 6.07) is 19.2. The number of amides is 2. The molecule has 2 amide bonds. The largest absolute Gasteiger partial charge is 0.495 e. The van der Waals surface area contributed by atoms with Crippen molar-refractivity contribution in [2.24, 2.45) is 0 Å². The number of carbonyl (C=O) groups excluding carboxylic acids is 1. The highest BCUT2D eigenvalue weighted by molar-refractivity contribution is 7.91. The Morgan fingerprint density at radius 1 is 1.00 bits per heavy atom. The van der Waals surface area contributed by atoms with Crippen LogP contribution in [0.5, 0.6) is 5.75 Å². The van der Waals surface area contributed by atoms with Crippen LogP contribution in [0.3, 0.4) is 0 Å². The molecule has 32 heavy (non-hydrogen) atoms. The predicted molar refractivity (Wildman–Crippen MR) is 115 cm³/mol. The Balaban J connectivity index is 1.73. The van der Waals surface area contributed by atoms with Crippen molar-refractivity contribution in [3.05, 3.63) is 84.4 Å². The summed E-state index contributed by atoms with van der Waals surface area (Å²) >= 11 is 0. The number of sulfone groups is 1. The molecule has 0 unspecified atom stereocenters. The van der Waals surface area contributed by atoms with Gasteiger partial charge in [-0.1, -0.05) is 36.4 Å². The van der Waals surface area contributed by atoms with E-state index in [-0.39, 0.29) is 15.5 Å². The molecule has 0 aliphatic carbocycles. The molecule has 0 aliphatic heterocycles. The van der Waals surface area contributed by atoms with Crippen LogP contribution in [0.1, 0.15) is 12.5 Å². The highest BCUT2D eigenvalue weighted by Crippen LogP contribution is 2.28. The second-order valence-electron chi connectivity index (χ2n) is 6.95. The van der Waals surface area contributed by atoms with Gasteiger partial charge in [0.05, 0.1) is 16.5 Å². The Morgan fingerprint density at radius 3 is 2.28 bits per heavy atom. The molecular formula is C23H21F2N2O4S+. The minimum Gasteiger partial charge on any atom is -0.433 e. The van der Waals surface area contributed by atoms with E-state index in [9.17, 15) is 22.0 Å². The molecule has 1 N–H and O–H groups in total. The fourth-order valence-corrected chi connectivity index (χ4v) is 4.13. The molecule has 0 aromatic heterocycles. The second-order valence-corrected chi connectivity index (χ2v) is 8.90. The van der Waals surface area contributed by atoms with E-state index in [4.69, 9.17) is 0 Å². The zero-order chi connectivity index (χ0) is 23.4. The number of hydrogen-bond acceptors (Lipinski definition) is 4. The average Bonchev–Trinajstić information content (AvgIpc) is 2.77. The Morgan fingerprint density at radius 2 is 1.66 bits per heavy atom. The van der Waals surface area contributed by atoms with Crippen LogP contribution in [0, 0.1) is 0 Å². The van der Waals surface area contributed by atoms with Gasteiger partial charge < -0.3 is 4.74 Å². The van der Waals surface area contributed by atoms with E-state index in [0.29, 0.717) is 19.2 Å². The summed E-state index contributed by atoms with van der Waals surface area (Å²) in [5, 5.41) is 2.72. The van der Waals surface area contributed by atoms with Crippen molar-refractivity contribution in [1.29, 1.82) is 0 Å². The zero-order valence-corrected chi connectivity index (χ0v) is 18.0. The van der Waals surface area contributed by atoms with E-state index in [1.165, 1.54) is 42.5 Å². The van der Waals surface area contributed by atoms with Gasteiger partial charge in [0.2, 0.25) is 9.84 Å². The lowest BCUT2D eigenvalue weighted by atomic mass is 10.2. The monoisotopic (exact) mass is 459 g/mol. The molecule has 0 aliphatic rings. The first-order chi connectivity index (χ1) is 15.1. The molecule has 3 aromatic rings. The Hall–Kier alpha value is -3.59. The zero-order valence-electron chi connectivity index (χ0n) is 17.2. The summed E-state index contributed by atoms with van der Waals surface area (Å²) in [5.74, 6) is -0.269. The van der Waals surface area contributed by atoms with E-state index in [0.717, 1.165) is 16.2 Å². The molecule has 0 spiro atoms. The van der Waals surface area contributed by atoms with Crippen LogP contribution < -0.4 is 10.1 Å². The van der Waals surface area contributed by atoms with E-state index in [1.54, 1.807) is 0 Å². The second kappa shape index (κ2) is 9.27. The van der Waals surface area contributed by atoms with Crippen LogP contribution in [0.25, 0.3) is 0 Å². The van der Waals surface area contributed by atoms with Crippen molar-refractivity contribution < 1.29 is 31.3 Å². The minimum atomic E-state index is -3.99. The van der Waals surface area contributed by atoms with Crippen LogP contribution in [-0.4, -0.2) is 31.9 Å². The highest BCUT2D eigenvalue weighted by atomic mass is 32.2. The maximum Gasteiger partial charge on any atom is 0.495 e. The van der Waals surface area contributed by atoms with Gasteiger partial charge in [0, 0.05) is 6.92 Å². The van der Waals surface area contributed by atoms with E-state index < -0.39 is 22.0 Å². The number of nitrogens with one attached hydrogen (secondary N) is 1. The van der Waals surface area contributed by atoms with Gasteiger partial charge in [-0.05, 0) is 48.0 Å². The summed E-state index contributed by atoms with van der Waals surface area (Å²) < 4.78 is 57.5.